The van der Waals surface area contributed by atoms with Crippen LogP contribution in [0.15, 0.2) is 12.1 Å². The number of carbonyl (C=O) groups is 3. The van der Waals surface area contributed by atoms with Crippen LogP contribution >= 0.6 is 11.8 Å². The van der Waals surface area contributed by atoms with Crippen LogP contribution in [0.1, 0.15) is 48.8 Å². The lowest BCUT2D eigenvalue weighted by molar-refractivity contribution is -0.145. The maximum absolute atomic E-state index is 13.8. The van der Waals surface area contributed by atoms with E-state index in [0.717, 1.165) is 60.2 Å². The molecule has 0 unspecified atom stereocenters. The van der Waals surface area contributed by atoms with Crippen molar-refractivity contribution >= 4 is 35.2 Å². The first-order chi connectivity index (χ1) is 14.4. The number of benzene rings is 1. The average molecular weight is 428 g/mol. The Hall–Kier alpha value is -1.86. The van der Waals surface area contributed by atoms with Crippen LogP contribution in [0, 0.1) is 25.7 Å². The normalized spacial score (nSPS) is 33.0. The van der Waals surface area contributed by atoms with E-state index in [2.05, 4.69) is 10.6 Å². The fourth-order valence-corrected chi connectivity index (χ4v) is 6.65. The van der Waals surface area contributed by atoms with Gasteiger partial charge in [0.15, 0.2) is 0 Å². The fraction of sp³-hybridized carbons (Fsp3) is 0.609. The van der Waals surface area contributed by atoms with E-state index >= 15 is 0 Å². The third-order valence-corrected chi connectivity index (χ3v) is 8.42. The van der Waals surface area contributed by atoms with E-state index in [9.17, 15) is 14.4 Å². The number of nitrogens with one attached hydrogen (secondary N) is 2. The van der Waals surface area contributed by atoms with Gasteiger partial charge in [0.25, 0.3) is 0 Å². The molecule has 160 valence electrons. The molecule has 1 aliphatic carbocycles. The summed E-state index contributed by atoms with van der Waals surface area (Å²) in [5, 5.41) is 6.59. The van der Waals surface area contributed by atoms with Crippen LogP contribution < -0.4 is 10.6 Å². The van der Waals surface area contributed by atoms with E-state index in [1.54, 1.807) is 16.7 Å². The highest BCUT2D eigenvalue weighted by Crippen LogP contribution is 2.55. The van der Waals surface area contributed by atoms with Gasteiger partial charge in [-0.15, -0.1) is 0 Å². The summed E-state index contributed by atoms with van der Waals surface area (Å²) in [4.78, 5) is 42.4. The molecule has 1 saturated carbocycles. The quantitative estimate of drug-likeness (QED) is 0.723. The van der Waals surface area contributed by atoms with Crippen molar-refractivity contribution in [2.45, 2.75) is 63.6 Å². The summed E-state index contributed by atoms with van der Waals surface area (Å²) in [6.45, 7) is 4.02. The molecule has 2 saturated heterocycles. The number of likely N-dealkylation sites (tertiary alicyclic amines) is 1. The molecule has 30 heavy (non-hydrogen) atoms. The predicted octanol–water partition coefficient (Wildman–Crippen LogP) is 2.72. The lowest BCUT2D eigenvalue weighted by Crippen LogP contribution is -2.54. The smallest absolute Gasteiger partial charge is 0.250 e. The van der Waals surface area contributed by atoms with Gasteiger partial charge >= 0.3 is 0 Å². The minimum absolute atomic E-state index is 0.00228. The van der Waals surface area contributed by atoms with E-state index in [1.807, 2.05) is 32.2 Å². The van der Waals surface area contributed by atoms with Crippen LogP contribution in [0.3, 0.4) is 0 Å². The van der Waals surface area contributed by atoms with Crippen LogP contribution in [0.2, 0.25) is 0 Å². The van der Waals surface area contributed by atoms with Crippen LogP contribution in [0.4, 0.5) is 5.69 Å². The Balaban J connectivity index is 1.64. The summed E-state index contributed by atoms with van der Waals surface area (Å²) in [6, 6.07) is 3.80. The number of amides is 3. The molecule has 3 amide bonds. The number of rotatable bonds is 4. The minimum atomic E-state index is -1.15. The molecular weight excluding hydrogens is 398 g/mol. The summed E-state index contributed by atoms with van der Waals surface area (Å²) in [6.07, 6.45) is 6.67. The van der Waals surface area contributed by atoms with Crippen molar-refractivity contribution in [3.8, 4) is 0 Å². The van der Waals surface area contributed by atoms with Gasteiger partial charge in [-0.25, -0.2) is 0 Å². The molecule has 4 atom stereocenters. The molecule has 3 heterocycles. The van der Waals surface area contributed by atoms with Gasteiger partial charge in [-0.3, -0.25) is 24.6 Å². The van der Waals surface area contributed by atoms with Gasteiger partial charge in [0.05, 0.1) is 11.8 Å². The zero-order chi connectivity index (χ0) is 21.2. The number of nitrogens with zero attached hydrogens (tertiary/aromatic N) is 1. The van der Waals surface area contributed by atoms with Gasteiger partial charge in [0.1, 0.15) is 5.54 Å². The third-order valence-electron chi connectivity index (χ3n) is 7.78. The van der Waals surface area contributed by atoms with Gasteiger partial charge in [-0.2, -0.15) is 11.8 Å². The number of thioether (sulfide) groups is 1. The van der Waals surface area contributed by atoms with Crippen LogP contribution in [-0.2, 0) is 19.9 Å². The fourth-order valence-electron chi connectivity index (χ4n) is 6.16. The molecule has 0 aromatic heterocycles. The number of carbonyl (C=O) groups excluding carboxylic acids is 3. The molecule has 5 rings (SSSR count). The second kappa shape index (κ2) is 7.09. The number of aryl methyl sites for hydroxylation is 1. The minimum Gasteiger partial charge on any atom is -0.324 e. The van der Waals surface area contributed by atoms with Crippen LogP contribution in [-0.4, -0.2) is 46.7 Å². The Morgan fingerprint density at radius 2 is 1.87 bits per heavy atom. The third kappa shape index (κ3) is 2.51. The molecule has 1 spiro atoms. The molecule has 7 heteroatoms. The second-order valence-electron chi connectivity index (χ2n) is 9.21. The maximum Gasteiger partial charge on any atom is 0.250 e. The van der Waals surface area contributed by atoms with Crippen molar-refractivity contribution in [3.05, 3.63) is 28.8 Å². The number of imide groups is 1. The van der Waals surface area contributed by atoms with Crippen molar-refractivity contribution < 1.29 is 14.4 Å². The zero-order valence-electron chi connectivity index (χ0n) is 17.8. The van der Waals surface area contributed by atoms with Crippen LogP contribution in [0.25, 0.3) is 0 Å². The Morgan fingerprint density at radius 3 is 2.57 bits per heavy atom. The zero-order valence-corrected chi connectivity index (χ0v) is 18.6. The molecule has 3 aliphatic heterocycles. The van der Waals surface area contributed by atoms with Gasteiger partial charge in [-0.1, -0.05) is 25.0 Å². The van der Waals surface area contributed by atoms with Crippen molar-refractivity contribution in [2.75, 3.05) is 17.3 Å². The molecule has 4 aliphatic rings. The predicted molar refractivity (Wildman–Crippen MR) is 117 cm³/mol. The van der Waals surface area contributed by atoms with E-state index < -0.39 is 17.4 Å². The first-order valence-corrected chi connectivity index (χ1v) is 12.4. The van der Waals surface area contributed by atoms with Crippen LogP contribution in [0.5, 0.6) is 0 Å². The Bertz CT molecular complexity index is 942. The number of anilines is 1. The number of hydrogen-bond donors (Lipinski definition) is 2. The summed E-state index contributed by atoms with van der Waals surface area (Å²) < 4.78 is 0. The molecule has 0 bridgehead atoms. The Kier molecular flexibility index (Phi) is 4.74. The van der Waals surface area contributed by atoms with E-state index in [4.69, 9.17) is 0 Å². The first-order valence-electron chi connectivity index (χ1n) is 11.0. The van der Waals surface area contributed by atoms with E-state index in [0.29, 0.717) is 0 Å². The van der Waals surface area contributed by atoms with Gasteiger partial charge in [0, 0.05) is 23.3 Å². The summed E-state index contributed by atoms with van der Waals surface area (Å²) >= 11 is 1.72. The average Bonchev–Trinajstić information content (AvgIpc) is 3.46. The topological polar surface area (TPSA) is 78.5 Å². The number of fused-ring (bicyclic) bond motifs is 4. The molecule has 3 fully saturated rings. The molecule has 0 radical (unpaired) electrons. The van der Waals surface area contributed by atoms with Gasteiger partial charge in [-0.05, 0) is 56.2 Å². The van der Waals surface area contributed by atoms with Crippen molar-refractivity contribution in [1.29, 1.82) is 0 Å². The van der Waals surface area contributed by atoms with Gasteiger partial charge < -0.3 is 5.32 Å². The first kappa shape index (κ1) is 20.1. The number of hydrogen-bond acceptors (Lipinski definition) is 5. The SMILES string of the molecule is CSCC[C@H]1N[C@]2(C(=O)Nc3c2ccc(C)c3C)[C@H]2C(=O)N(C3CCCC3)C(=O)[C@H]12. The van der Waals surface area contributed by atoms with E-state index in [1.165, 1.54) is 0 Å². The highest BCUT2D eigenvalue weighted by molar-refractivity contribution is 7.98. The molecular formula is C23H29N3O3S. The largest absolute Gasteiger partial charge is 0.324 e. The highest BCUT2D eigenvalue weighted by Gasteiger charge is 2.70. The standard InChI is InChI=1S/C23H29N3O3S/c1-12-8-9-15-19(13(12)2)24-22(29)23(15)18-17(16(25-23)10-11-30-3)20(27)26(21(18)28)14-6-4-5-7-14/h8-9,14,16-18,25H,4-7,10-11H2,1-3H3,(H,24,29)/t16-,17-,18-,23+/m1/s1. The van der Waals surface area contributed by atoms with Crippen molar-refractivity contribution in [2.24, 2.45) is 11.8 Å². The lowest BCUT2D eigenvalue weighted by Gasteiger charge is -2.31. The van der Waals surface area contributed by atoms with E-state index in [-0.39, 0.29) is 29.8 Å². The Morgan fingerprint density at radius 1 is 1.13 bits per heavy atom. The van der Waals surface area contributed by atoms with Gasteiger partial charge in [0.2, 0.25) is 17.7 Å². The lowest BCUT2D eigenvalue weighted by atomic mass is 9.76. The maximum atomic E-state index is 13.8. The summed E-state index contributed by atoms with van der Waals surface area (Å²) in [7, 11) is 0. The molecule has 2 N–H and O–H groups in total. The highest BCUT2D eigenvalue weighted by atomic mass is 32.2. The molecule has 1 aromatic carbocycles. The van der Waals surface area contributed by atoms with Crippen molar-refractivity contribution in [3.63, 3.8) is 0 Å². The summed E-state index contributed by atoms with van der Waals surface area (Å²) in [5.41, 5.74) is 2.60. The summed E-state index contributed by atoms with van der Waals surface area (Å²) in [5.74, 6) is -0.676. The molecule has 6 nitrogen and oxygen atoms in total. The monoisotopic (exact) mass is 427 g/mol. The Labute approximate surface area is 181 Å². The van der Waals surface area contributed by atoms with Crippen molar-refractivity contribution in [1.82, 2.24) is 10.2 Å². The molecule has 1 aromatic rings. The second-order valence-corrected chi connectivity index (χ2v) is 10.2.